The van der Waals surface area contributed by atoms with E-state index in [1.807, 2.05) is 12.1 Å². The number of nitrogens with zero attached hydrogens (tertiary/aromatic N) is 3. The number of urea groups is 1. The maximum atomic E-state index is 11.8. The Labute approximate surface area is 190 Å². The van der Waals surface area contributed by atoms with Gasteiger partial charge in [0.15, 0.2) is 0 Å². The molecule has 30 heavy (non-hydrogen) atoms. The van der Waals surface area contributed by atoms with Crippen molar-refractivity contribution in [2.24, 2.45) is 5.92 Å². The third-order valence-corrected chi connectivity index (χ3v) is 8.01. The van der Waals surface area contributed by atoms with Gasteiger partial charge >= 0.3 is 6.03 Å². The Kier molecular flexibility index (Phi) is 7.01. The molecule has 5 nitrogen and oxygen atoms in total. The Bertz CT molecular complexity index is 737. The van der Waals surface area contributed by atoms with E-state index in [2.05, 4.69) is 21.2 Å². The molecule has 2 saturated heterocycles. The molecule has 1 aromatic rings. The number of fused-ring (bicyclic) bond motifs is 2. The second-order valence-electron chi connectivity index (χ2n) is 9.48. The monoisotopic (exact) mass is 452 g/mol. The lowest BCUT2D eigenvalue weighted by Crippen LogP contribution is -2.54. The van der Waals surface area contributed by atoms with E-state index in [9.17, 15) is 4.79 Å². The van der Waals surface area contributed by atoms with Crippen LogP contribution in [0.5, 0.6) is 0 Å². The first-order chi connectivity index (χ1) is 14.4. The molecule has 3 aliphatic rings. The highest BCUT2D eigenvalue weighted by Crippen LogP contribution is 2.41. The average Bonchev–Trinajstić information content (AvgIpc) is 2.99. The average molecular weight is 453 g/mol. The highest BCUT2D eigenvalue weighted by atomic mass is 35.5. The van der Waals surface area contributed by atoms with E-state index in [0.717, 1.165) is 37.5 Å². The van der Waals surface area contributed by atoms with Crippen molar-refractivity contribution in [3.63, 3.8) is 0 Å². The third kappa shape index (κ3) is 4.84. The van der Waals surface area contributed by atoms with Gasteiger partial charge in [0.25, 0.3) is 0 Å². The fourth-order valence-electron chi connectivity index (χ4n) is 5.52. The minimum Gasteiger partial charge on any atom is -0.362 e. The number of benzene rings is 1. The van der Waals surface area contributed by atoms with E-state index in [1.54, 1.807) is 19.0 Å². The third-order valence-electron chi connectivity index (χ3n) is 7.20. The number of carbonyl (C=O) groups excluding carboxylic acids is 1. The molecule has 1 N–H and O–H groups in total. The van der Waals surface area contributed by atoms with Gasteiger partial charge in [0, 0.05) is 45.3 Å². The van der Waals surface area contributed by atoms with Gasteiger partial charge in [-0.3, -0.25) is 4.90 Å². The van der Waals surface area contributed by atoms with Crippen LogP contribution in [0.1, 0.15) is 44.9 Å². The van der Waals surface area contributed by atoms with Crippen LogP contribution in [0.3, 0.4) is 0 Å². The van der Waals surface area contributed by atoms with Crippen molar-refractivity contribution in [3.05, 3.63) is 28.2 Å². The minimum absolute atomic E-state index is 0.0339. The molecule has 1 aromatic carbocycles. The smallest absolute Gasteiger partial charge is 0.317 e. The normalized spacial score (nSPS) is 29.1. The van der Waals surface area contributed by atoms with Crippen molar-refractivity contribution in [1.29, 1.82) is 0 Å². The predicted molar refractivity (Wildman–Crippen MR) is 125 cm³/mol. The van der Waals surface area contributed by atoms with Gasteiger partial charge in [-0.15, -0.1) is 0 Å². The number of carbonyl (C=O) groups is 1. The molecule has 0 unspecified atom stereocenters. The van der Waals surface area contributed by atoms with E-state index in [0.29, 0.717) is 28.2 Å². The first kappa shape index (κ1) is 22.0. The quantitative estimate of drug-likeness (QED) is 0.692. The number of likely N-dealkylation sites (tertiary alicyclic amines) is 1. The van der Waals surface area contributed by atoms with Gasteiger partial charge in [0.2, 0.25) is 0 Å². The van der Waals surface area contributed by atoms with Crippen molar-refractivity contribution < 1.29 is 4.79 Å². The van der Waals surface area contributed by atoms with Crippen LogP contribution in [-0.4, -0.2) is 67.7 Å². The van der Waals surface area contributed by atoms with Crippen molar-refractivity contribution in [2.75, 3.05) is 38.6 Å². The van der Waals surface area contributed by atoms with Crippen LogP contribution in [-0.2, 0) is 0 Å². The number of hydrogen-bond acceptors (Lipinski definition) is 3. The molecule has 2 heterocycles. The van der Waals surface area contributed by atoms with Gasteiger partial charge in [-0.25, -0.2) is 4.79 Å². The summed E-state index contributed by atoms with van der Waals surface area (Å²) >= 11 is 12.8. The van der Waals surface area contributed by atoms with Crippen LogP contribution in [0.25, 0.3) is 0 Å². The lowest BCUT2D eigenvalue weighted by molar-refractivity contribution is 0.183. The predicted octanol–water partition coefficient (Wildman–Crippen LogP) is 4.87. The minimum atomic E-state index is 0.0339. The van der Waals surface area contributed by atoms with Crippen molar-refractivity contribution in [1.82, 2.24) is 15.1 Å². The molecule has 166 valence electrons. The standard InChI is InChI=1S/C23H34Cl2N4O/c1-27(2)23(30)26-17-8-6-16(7-9-17)12-13-28-14-18-10-11-19(15-28)29(18)21-5-3-4-20(24)22(21)25/h3-5,16-19H,6-15H2,1-2H3,(H,26,30)/t16?,17?,18-,19+. The summed E-state index contributed by atoms with van der Waals surface area (Å²) in [6.07, 6.45) is 8.41. The first-order valence-corrected chi connectivity index (χ1v) is 12.1. The van der Waals surface area contributed by atoms with E-state index in [4.69, 9.17) is 23.2 Å². The second-order valence-corrected chi connectivity index (χ2v) is 10.3. The van der Waals surface area contributed by atoms with Crippen molar-refractivity contribution in [2.45, 2.75) is 63.1 Å². The second kappa shape index (κ2) is 9.54. The molecule has 2 atom stereocenters. The molecule has 1 saturated carbocycles. The summed E-state index contributed by atoms with van der Waals surface area (Å²) < 4.78 is 0. The number of halogens is 2. The van der Waals surface area contributed by atoms with Gasteiger partial charge < -0.3 is 15.1 Å². The molecule has 2 bridgehead atoms. The SMILES string of the molecule is CN(C)C(=O)NC1CCC(CCN2C[C@H]3CC[C@@H](C2)N3c2cccc(Cl)c2Cl)CC1. The van der Waals surface area contributed by atoms with E-state index >= 15 is 0 Å². The fourth-order valence-corrected chi connectivity index (χ4v) is 5.92. The van der Waals surface area contributed by atoms with Gasteiger partial charge in [-0.2, -0.15) is 0 Å². The first-order valence-electron chi connectivity index (χ1n) is 11.3. The van der Waals surface area contributed by atoms with E-state index in [-0.39, 0.29) is 6.03 Å². The Morgan fingerprint density at radius 2 is 1.73 bits per heavy atom. The number of hydrogen-bond donors (Lipinski definition) is 1. The maximum Gasteiger partial charge on any atom is 0.317 e. The zero-order valence-electron chi connectivity index (χ0n) is 18.1. The molecule has 4 rings (SSSR count). The zero-order chi connectivity index (χ0) is 21.3. The summed E-state index contributed by atoms with van der Waals surface area (Å²) in [5.41, 5.74) is 1.11. The summed E-state index contributed by atoms with van der Waals surface area (Å²) in [5.74, 6) is 0.788. The van der Waals surface area contributed by atoms with Crippen LogP contribution in [0.15, 0.2) is 18.2 Å². The van der Waals surface area contributed by atoms with Gasteiger partial charge in [0.05, 0.1) is 15.7 Å². The molecule has 0 spiro atoms. The lowest BCUT2D eigenvalue weighted by Gasteiger charge is -2.43. The van der Waals surface area contributed by atoms with Crippen molar-refractivity contribution in [3.8, 4) is 0 Å². The summed E-state index contributed by atoms with van der Waals surface area (Å²) in [6.45, 7) is 3.42. The molecule has 0 radical (unpaired) electrons. The molecule has 7 heteroatoms. The Morgan fingerprint density at radius 1 is 1.07 bits per heavy atom. The summed E-state index contributed by atoms with van der Waals surface area (Å²) in [5, 5.41) is 4.49. The van der Waals surface area contributed by atoms with Crippen LogP contribution >= 0.6 is 23.2 Å². The summed E-state index contributed by atoms with van der Waals surface area (Å²) in [4.78, 5) is 18.7. The lowest BCUT2D eigenvalue weighted by atomic mass is 9.84. The number of nitrogens with one attached hydrogen (secondary N) is 1. The summed E-state index contributed by atoms with van der Waals surface area (Å²) in [6, 6.07) is 7.44. The van der Waals surface area contributed by atoms with Crippen LogP contribution in [0, 0.1) is 5.92 Å². The Balaban J connectivity index is 1.25. The molecular formula is C23H34Cl2N4O. The number of rotatable bonds is 5. The Hall–Kier alpha value is -1.17. The van der Waals surface area contributed by atoms with E-state index < -0.39 is 0 Å². The van der Waals surface area contributed by atoms with Crippen LogP contribution in [0.4, 0.5) is 10.5 Å². The highest BCUT2D eigenvalue weighted by Gasteiger charge is 2.40. The van der Waals surface area contributed by atoms with Gasteiger partial charge in [-0.1, -0.05) is 29.3 Å². The molecule has 2 amide bonds. The molecule has 3 fully saturated rings. The summed E-state index contributed by atoms with van der Waals surface area (Å²) in [7, 11) is 3.60. The zero-order valence-corrected chi connectivity index (χ0v) is 19.6. The fraction of sp³-hybridized carbons (Fsp3) is 0.696. The highest BCUT2D eigenvalue weighted by molar-refractivity contribution is 6.43. The molecular weight excluding hydrogens is 419 g/mol. The molecule has 2 aliphatic heterocycles. The van der Waals surface area contributed by atoms with Crippen molar-refractivity contribution >= 4 is 34.9 Å². The van der Waals surface area contributed by atoms with Gasteiger partial charge in [0.1, 0.15) is 0 Å². The van der Waals surface area contributed by atoms with E-state index in [1.165, 1.54) is 38.6 Å². The molecule has 1 aliphatic carbocycles. The van der Waals surface area contributed by atoms with Gasteiger partial charge in [-0.05, 0) is 69.5 Å². The van der Waals surface area contributed by atoms with Crippen LogP contribution < -0.4 is 10.2 Å². The Morgan fingerprint density at radius 3 is 2.37 bits per heavy atom. The maximum absolute atomic E-state index is 11.8. The molecule has 0 aromatic heterocycles. The number of piperazine rings is 1. The topological polar surface area (TPSA) is 38.8 Å². The largest absolute Gasteiger partial charge is 0.362 e. The van der Waals surface area contributed by atoms with Crippen LogP contribution in [0.2, 0.25) is 10.0 Å². The number of amides is 2. The number of anilines is 1.